The topological polar surface area (TPSA) is 35.5 Å². The molecule has 3 nitrogen and oxygen atoms in total. The van der Waals surface area contributed by atoms with Crippen LogP contribution >= 0.6 is 0 Å². The van der Waals surface area contributed by atoms with Crippen LogP contribution in [0.25, 0.3) is 0 Å². The molecule has 0 aliphatic heterocycles. The van der Waals surface area contributed by atoms with Crippen molar-refractivity contribution < 1.29 is 23.0 Å². The molecule has 0 aromatic heterocycles. The summed E-state index contributed by atoms with van der Waals surface area (Å²) in [6.45, 7) is 0.616. The van der Waals surface area contributed by atoms with Gasteiger partial charge in [-0.1, -0.05) is 0 Å². The average Bonchev–Trinajstić information content (AvgIpc) is 1.98. The van der Waals surface area contributed by atoms with Crippen LogP contribution in [0.3, 0.4) is 0 Å². The van der Waals surface area contributed by atoms with Gasteiger partial charge in [-0.3, -0.25) is 0 Å². The minimum atomic E-state index is -2.55. The molecule has 0 aliphatic rings. The fourth-order valence-corrected chi connectivity index (χ4v) is 0.451. The third-order valence-corrected chi connectivity index (χ3v) is 1.01. The van der Waals surface area contributed by atoms with Crippen molar-refractivity contribution in [2.75, 3.05) is 13.7 Å². The van der Waals surface area contributed by atoms with E-state index in [2.05, 4.69) is 9.47 Å². The van der Waals surface area contributed by atoms with Gasteiger partial charge in [0.15, 0.2) is 6.10 Å². The molecule has 0 unspecified atom stereocenters. The Labute approximate surface area is 63.3 Å². The molecule has 0 saturated carbocycles. The first kappa shape index (κ1) is 10.3. The Morgan fingerprint density at radius 3 is 2.45 bits per heavy atom. The molecule has 1 atom stereocenters. The fraction of sp³-hybridized carbons (Fsp3) is 0.833. The van der Waals surface area contributed by atoms with Gasteiger partial charge in [0.2, 0.25) is 0 Å². The van der Waals surface area contributed by atoms with Gasteiger partial charge in [-0.15, -0.1) is 0 Å². The Kier molecular flexibility index (Phi) is 4.69. The summed E-state index contributed by atoms with van der Waals surface area (Å²) < 4.78 is 31.6. The van der Waals surface area contributed by atoms with Crippen molar-refractivity contribution in [1.29, 1.82) is 0 Å². The van der Waals surface area contributed by atoms with E-state index in [0.717, 1.165) is 0 Å². The highest BCUT2D eigenvalue weighted by Gasteiger charge is 2.15. The van der Waals surface area contributed by atoms with E-state index in [1.165, 1.54) is 14.0 Å². The van der Waals surface area contributed by atoms with Gasteiger partial charge in [-0.2, -0.15) is 0 Å². The lowest BCUT2D eigenvalue weighted by Gasteiger charge is -2.09. The number of carbonyl (C=O) groups is 1. The maximum Gasteiger partial charge on any atom is 0.334 e. The molecule has 0 N–H and O–H groups in total. The predicted octanol–water partition coefficient (Wildman–Crippen LogP) is 0.830. The van der Waals surface area contributed by atoms with Gasteiger partial charge in [-0.25, -0.2) is 13.6 Å². The van der Waals surface area contributed by atoms with Gasteiger partial charge in [-0.05, 0) is 6.92 Å². The van der Waals surface area contributed by atoms with Crippen molar-refractivity contribution in [3.8, 4) is 0 Å². The van der Waals surface area contributed by atoms with Gasteiger partial charge in [0.05, 0.1) is 7.11 Å². The number of hydrogen-bond donors (Lipinski definition) is 0. The third kappa shape index (κ3) is 4.66. The smallest absolute Gasteiger partial charge is 0.334 e. The van der Waals surface area contributed by atoms with Crippen molar-refractivity contribution in [3.63, 3.8) is 0 Å². The number of halogens is 2. The zero-order valence-electron chi connectivity index (χ0n) is 6.34. The largest absolute Gasteiger partial charge is 0.467 e. The van der Waals surface area contributed by atoms with Gasteiger partial charge < -0.3 is 9.47 Å². The highest BCUT2D eigenvalue weighted by molar-refractivity contribution is 5.73. The molecule has 0 aromatic rings. The van der Waals surface area contributed by atoms with Crippen molar-refractivity contribution >= 4 is 5.97 Å². The van der Waals surface area contributed by atoms with E-state index in [1.54, 1.807) is 0 Å². The summed E-state index contributed by atoms with van der Waals surface area (Å²) in [5, 5.41) is 0. The number of carbonyl (C=O) groups excluding carboxylic acids is 1. The Hall–Kier alpha value is -0.710. The summed E-state index contributed by atoms with van der Waals surface area (Å²) in [5.74, 6) is -0.648. The van der Waals surface area contributed by atoms with Crippen LogP contribution < -0.4 is 0 Å². The molecule has 0 radical (unpaired) electrons. The van der Waals surface area contributed by atoms with Crippen molar-refractivity contribution in [3.05, 3.63) is 0 Å². The highest BCUT2D eigenvalue weighted by Crippen LogP contribution is 1.98. The van der Waals surface area contributed by atoms with Crippen molar-refractivity contribution in [2.24, 2.45) is 0 Å². The van der Waals surface area contributed by atoms with Crippen LogP contribution in [0.5, 0.6) is 0 Å². The summed E-state index contributed by atoms with van der Waals surface area (Å²) in [6.07, 6.45) is -3.48. The normalized spacial score (nSPS) is 13.2. The molecule has 0 rings (SSSR count). The minimum absolute atomic E-state index is 0.648. The van der Waals surface area contributed by atoms with Crippen LogP contribution in [0.2, 0.25) is 0 Å². The highest BCUT2D eigenvalue weighted by atomic mass is 19.3. The molecule has 66 valence electrons. The van der Waals surface area contributed by atoms with Gasteiger partial charge >= 0.3 is 5.97 Å². The quantitative estimate of drug-likeness (QED) is 0.583. The van der Waals surface area contributed by atoms with E-state index in [9.17, 15) is 13.6 Å². The molecule has 0 fully saturated rings. The molecule has 5 heteroatoms. The lowest BCUT2D eigenvalue weighted by molar-refractivity contribution is -0.155. The van der Waals surface area contributed by atoms with Crippen LogP contribution in [0.1, 0.15) is 6.92 Å². The monoisotopic (exact) mass is 168 g/mol. The Balaban J connectivity index is 3.52. The molecular formula is C6H10F2O3. The molecular weight excluding hydrogens is 158 g/mol. The number of esters is 1. The first-order valence-electron chi connectivity index (χ1n) is 3.05. The Morgan fingerprint density at radius 2 is 2.09 bits per heavy atom. The van der Waals surface area contributed by atoms with Crippen LogP contribution in [0, 0.1) is 0 Å². The molecule has 0 bridgehead atoms. The molecule has 0 spiro atoms. The first-order valence-corrected chi connectivity index (χ1v) is 3.05. The van der Waals surface area contributed by atoms with Gasteiger partial charge in [0, 0.05) is 0 Å². The molecule has 11 heavy (non-hydrogen) atoms. The standard InChI is InChI=1S/C6H10F2O3/c1-4(6(9)10-2)11-3-5(7)8/h4-5H,3H2,1-2H3/t4-/m1/s1. The average molecular weight is 168 g/mol. The molecule has 0 saturated heterocycles. The summed E-state index contributed by atoms with van der Waals surface area (Å²) in [6, 6.07) is 0. The Morgan fingerprint density at radius 1 is 1.55 bits per heavy atom. The number of rotatable bonds is 4. The molecule has 0 aromatic carbocycles. The summed E-state index contributed by atoms with van der Waals surface area (Å²) in [5.41, 5.74) is 0. The fourth-order valence-electron chi connectivity index (χ4n) is 0.451. The van der Waals surface area contributed by atoms with Crippen molar-refractivity contribution in [2.45, 2.75) is 19.5 Å². The van der Waals surface area contributed by atoms with Crippen LogP contribution in [-0.4, -0.2) is 32.2 Å². The minimum Gasteiger partial charge on any atom is -0.467 e. The number of methoxy groups -OCH3 is 1. The van der Waals surface area contributed by atoms with E-state index in [-0.39, 0.29) is 0 Å². The van der Waals surface area contributed by atoms with Gasteiger partial charge in [0.1, 0.15) is 6.61 Å². The summed E-state index contributed by atoms with van der Waals surface area (Å²) >= 11 is 0. The summed E-state index contributed by atoms with van der Waals surface area (Å²) in [7, 11) is 1.17. The lowest BCUT2D eigenvalue weighted by atomic mass is 10.4. The molecule has 0 heterocycles. The predicted molar refractivity (Wildman–Crippen MR) is 33.4 cm³/mol. The third-order valence-electron chi connectivity index (χ3n) is 1.01. The second kappa shape index (κ2) is 5.01. The number of ether oxygens (including phenoxy) is 2. The zero-order chi connectivity index (χ0) is 8.85. The number of alkyl halides is 2. The van der Waals surface area contributed by atoms with Crippen LogP contribution in [0.4, 0.5) is 8.78 Å². The molecule has 0 aliphatic carbocycles. The first-order chi connectivity index (χ1) is 5.07. The maximum absolute atomic E-state index is 11.5. The second-order valence-corrected chi connectivity index (χ2v) is 1.89. The lowest BCUT2D eigenvalue weighted by Crippen LogP contribution is -2.24. The second-order valence-electron chi connectivity index (χ2n) is 1.89. The van der Waals surface area contributed by atoms with E-state index in [4.69, 9.17) is 0 Å². The van der Waals surface area contributed by atoms with E-state index in [1.807, 2.05) is 0 Å². The zero-order valence-corrected chi connectivity index (χ0v) is 6.34. The SMILES string of the molecule is COC(=O)[C@@H](C)OCC(F)F. The van der Waals surface area contributed by atoms with Crippen LogP contribution in [0.15, 0.2) is 0 Å². The Bertz CT molecular complexity index is 127. The number of hydrogen-bond acceptors (Lipinski definition) is 3. The van der Waals surface area contributed by atoms with Crippen molar-refractivity contribution in [1.82, 2.24) is 0 Å². The van der Waals surface area contributed by atoms with Gasteiger partial charge in [0.25, 0.3) is 6.43 Å². The van der Waals surface area contributed by atoms with E-state index >= 15 is 0 Å². The summed E-state index contributed by atoms with van der Waals surface area (Å²) in [4.78, 5) is 10.5. The van der Waals surface area contributed by atoms with Crippen LogP contribution in [-0.2, 0) is 14.3 Å². The molecule has 0 amide bonds. The van der Waals surface area contributed by atoms with E-state index in [0.29, 0.717) is 0 Å². The maximum atomic E-state index is 11.5. The van der Waals surface area contributed by atoms with E-state index < -0.39 is 25.1 Å².